The standard InChI is InChI=1S/C31H42O5/c1-19(23(34)13-12-21(3)32)10-9-11-20(2)28-24(35)18-26-30(7)17-15-27(36-22(4)33)29(5,6)25(30)14-16-31(26,28)8/h9-13,25-27H,14-18H2,1-8H3/b11-9+,13-12+,19-10+,28-20+/t25-,26-,27-,30-,31-/m0/s1. The number of allylic oxidation sites excluding steroid dienone is 8. The predicted octanol–water partition coefficient (Wildman–Crippen LogP) is 6.28. The van der Waals surface area contributed by atoms with Crippen LogP contribution in [0.25, 0.3) is 0 Å². The lowest BCUT2D eigenvalue weighted by atomic mass is 9.43. The number of carbonyl (C=O) groups excluding carboxylic acids is 4. The molecular formula is C31H42O5. The molecular weight excluding hydrogens is 452 g/mol. The lowest BCUT2D eigenvalue weighted by Crippen LogP contribution is -2.58. The van der Waals surface area contributed by atoms with Gasteiger partial charge in [-0.25, -0.2) is 0 Å². The van der Waals surface area contributed by atoms with E-state index in [1.54, 1.807) is 13.0 Å². The SMILES string of the molecule is CC(=O)/C=C/C(=O)/C(C)=C/C=C/C(C)=C1\C(=O)C[C@H]2[C@@]3(C)CC[C@H](OC(C)=O)C(C)(C)[C@@H]3CC[C@]12C. The van der Waals surface area contributed by atoms with Crippen LogP contribution in [-0.4, -0.2) is 29.4 Å². The van der Waals surface area contributed by atoms with E-state index in [9.17, 15) is 19.2 Å². The zero-order chi connectivity index (χ0) is 27.1. The van der Waals surface area contributed by atoms with Crippen molar-refractivity contribution in [2.75, 3.05) is 0 Å². The van der Waals surface area contributed by atoms with Crippen LogP contribution < -0.4 is 0 Å². The normalized spacial score (nSPS) is 35.5. The van der Waals surface area contributed by atoms with Crippen molar-refractivity contribution in [1.29, 1.82) is 0 Å². The number of fused-ring (bicyclic) bond motifs is 3. The maximum absolute atomic E-state index is 13.5. The van der Waals surface area contributed by atoms with Crippen molar-refractivity contribution in [1.82, 2.24) is 0 Å². The smallest absolute Gasteiger partial charge is 0.302 e. The molecule has 3 saturated carbocycles. The van der Waals surface area contributed by atoms with E-state index in [1.807, 2.05) is 19.1 Å². The van der Waals surface area contributed by atoms with Crippen LogP contribution in [0.5, 0.6) is 0 Å². The first-order valence-corrected chi connectivity index (χ1v) is 13.1. The Bertz CT molecular complexity index is 1080. The first-order chi connectivity index (χ1) is 16.6. The van der Waals surface area contributed by atoms with Crippen molar-refractivity contribution in [3.05, 3.63) is 47.1 Å². The molecule has 3 fully saturated rings. The Kier molecular flexibility index (Phi) is 7.83. The predicted molar refractivity (Wildman–Crippen MR) is 141 cm³/mol. The fourth-order valence-electron chi connectivity index (χ4n) is 7.80. The van der Waals surface area contributed by atoms with Gasteiger partial charge in [-0.05, 0) is 87.0 Å². The summed E-state index contributed by atoms with van der Waals surface area (Å²) >= 11 is 0. The van der Waals surface area contributed by atoms with Crippen molar-refractivity contribution in [2.24, 2.45) is 28.1 Å². The molecule has 3 aliphatic carbocycles. The van der Waals surface area contributed by atoms with Gasteiger partial charge in [0, 0.05) is 29.7 Å². The summed E-state index contributed by atoms with van der Waals surface area (Å²) in [6.45, 7) is 15.7. The molecule has 0 aromatic rings. The summed E-state index contributed by atoms with van der Waals surface area (Å²) in [4.78, 5) is 48.4. The molecule has 0 aromatic heterocycles. The lowest BCUT2D eigenvalue weighted by Gasteiger charge is -2.62. The monoisotopic (exact) mass is 494 g/mol. The fraction of sp³-hybridized carbons (Fsp3) is 0.613. The van der Waals surface area contributed by atoms with E-state index < -0.39 is 0 Å². The van der Waals surface area contributed by atoms with Crippen molar-refractivity contribution in [3.8, 4) is 0 Å². The lowest BCUT2D eigenvalue weighted by molar-refractivity contribution is -0.185. The second-order valence-electron chi connectivity index (χ2n) is 12.2. The molecule has 0 bridgehead atoms. The van der Waals surface area contributed by atoms with Crippen LogP contribution in [0.2, 0.25) is 0 Å². The second kappa shape index (κ2) is 10.1. The Labute approximate surface area is 216 Å². The van der Waals surface area contributed by atoms with Gasteiger partial charge in [-0.15, -0.1) is 0 Å². The first-order valence-electron chi connectivity index (χ1n) is 13.1. The molecule has 0 unspecified atom stereocenters. The van der Waals surface area contributed by atoms with Crippen molar-refractivity contribution in [3.63, 3.8) is 0 Å². The molecule has 0 aromatic carbocycles. The zero-order valence-corrected chi connectivity index (χ0v) is 23.2. The quantitative estimate of drug-likeness (QED) is 0.247. The molecule has 0 saturated heterocycles. The van der Waals surface area contributed by atoms with Crippen LogP contribution in [0.3, 0.4) is 0 Å². The summed E-state index contributed by atoms with van der Waals surface area (Å²) in [5.74, 6) is 0.268. The van der Waals surface area contributed by atoms with Gasteiger partial charge in [0.1, 0.15) is 6.10 Å². The van der Waals surface area contributed by atoms with E-state index in [0.29, 0.717) is 17.9 Å². The van der Waals surface area contributed by atoms with Crippen molar-refractivity contribution in [2.45, 2.75) is 93.6 Å². The molecule has 5 atom stereocenters. The van der Waals surface area contributed by atoms with Crippen LogP contribution in [0.1, 0.15) is 87.5 Å². The summed E-state index contributed by atoms with van der Waals surface area (Å²) in [6.07, 6.45) is 12.2. The number of ketones is 3. The van der Waals surface area contributed by atoms with Gasteiger partial charge in [0.25, 0.3) is 0 Å². The minimum Gasteiger partial charge on any atom is -0.462 e. The molecule has 0 aliphatic heterocycles. The van der Waals surface area contributed by atoms with Gasteiger partial charge in [0.05, 0.1) is 0 Å². The molecule has 0 N–H and O–H groups in total. The van der Waals surface area contributed by atoms with Crippen molar-refractivity contribution >= 4 is 23.3 Å². The van der Waals surface area contributed by atoms with Gasteiger partial charge in [0.2, 0.25) is 0 Å². The summed E-state index contributed by atoms with van der Waals surface area (Å²) < 4.78 is 5.75. The minimum absolute atomic E-state index is 0.000506. The van der Waals surface area contributed by atoms with Crippen LogP contribution in [-0.2, 0) is 23.9 Å². The van der Waals surface area contributed by atoms with Gasteiger partial charge < -0.3 is 4.74 Å². The van der Waals surface area contributed by atoms with Crippen LogP contribution >= 0.6 is 0 Å². The Balaban J connectivity index is 1.89. The minimum atomic E-state index is -0.220. The molecule has 5 heteroatoms. The van der Waals surface area contributed by atoms with E-state index in [2.05, 4.69) is 27.7 Å². The third-order valence-corrected chi connectivity index (χ3v) is 9.48. The molecule has 3 rings (SSSR count). The Morgan fingerprint density at radius 2 is 1.56 bits per heavy atom. The summed E-state index contributed by atoms with van der Waals surface area (Å²) in [5, 5.41) is 0. The highest BCUT2D eigenvalue weighted by Gasteiger charge is 2.65. The molecule has 36 heavy (non-hydrogen) atoms. The fourth-order valence-corrected chi connectivity index (χ4v) is 7.80. The maximum Gasteiger partial charge on any atom is 0.302 e. The highest BCUT2D eigenvalue weighted by atomic mass is 16.5. The van der Waals surface area contributed by atoms with Crippen LogP contribution in [0.15, 0.2) is 47.1 Å². The number of esters is 1. The molecule has 196 valence electrons. The summed E-state index contributed by atoms with van der Waals surface area (Å²) in [6, 6.07) is 0. The number of carbonyl (C=O) groups is 4. The highest BCUT2D eigenvalue weighted by Crippen LogP contribution is 2.69. The number of hydrogen-bond donors (Lipinski definition) is 0. The highest BCUT2D eigenvalue weighted by molar-refractivity contribution is 6.07. The Morgan fingerprint density at radius 3 is 2.17 bits per heavy atom. The Morgan fingerprint density at radius 1 is 0.889 bits per heavy atom. The molecule has 3 aliphatic rings. The van der Waals surface area contributed by atoms with E-state index in [0.717, 1.165) is 36.8 Å². The third kappa shape index (κ3) is 4.99. The first kappa shape index (κ1) is 28.0. The molecule has 0 spiro atoms. The van der Waals surface area contributed by atoms with E-state index in [1.165, 1.54) is 26.0 Å². The largest absolute Gasteiger partial charge is 0.462 e. The maximum atomic E-state index is 13.5. The second-order valence-corrected chi connectivity index (χ2v) is 12.2. The average Bonchev–Trinajstić information content (AvgIpc) is 3.05. The molecule has 0 heterocycles. The summed E-state index contributed by atoms with van der Waals surface area (Å²) in [7, 11) is 0. The van der Waals surface area contributed by atoms with E-state index >= 15 is 0 Å². The topological polar surface area (TPSA) is 77.5 Å². The van der Waals surface area contributed by atoms with E-state index in [4.69, 9.17) is 4.74 Å². The molecule has 0 radical (unpaired) electrons. The number of rotatable bonds is 6. The average molecular weight is 495 g/mol. The Hall–Kier alpha value is -2.56. The van der Waals surface area contributed by atoms with E-state index in [-0.39, 0.29) is 51.6 Å². The molecule has 5 nitrogen and oxygen atoms in total. The van der Waals surface area contributed by atoms with Gasteiger partial charge in [-0.1, -0.05) is 45.9 Å². The molecule has 0 amide bonds. The van der Waals surface area contributed by atoms with Gasteiger partial charge in [-0.2, -0.15) is 0 Å². The third-order valence-electron chi connectivity index (χ3n) is 9.48. The number of hydrogen-bond acceptors (Lipinski definition) is 5. The van der Waals surface area contributed by atoms with Crippen LogP contribution in [0, 0.1) is 28.1 Å². The van der Waals surface area contributed by atoms with Gasteiger partial charge in [-0.3, -0.25) is 19.2 Å². The number of ether oxygens (including phenoxy) is 1. The zero-order valence-electron chi connectivity index (χ0n) is 23.2. The number of Topliss-reactive ketones (excluding diaryl/α,β-unsaturated/α-hetero) is 1. The van der Waals surface area contributed by atoms with Gasteiger partial charge in [0.15, 0.2) is 17.3 Å². The van der Waals surface area contributed by atoms with Crippen LogP contribution in [0.4, 0.5) is 0 Å². The summed E-state index contributed by atoms with van der Waals surface area (Å²) in [5.41, 5.74) is 2.08. The van der Waals surface area contributed by atoms with Gasteiger partial charge >= 0.3 is 5.97 Å². The van der Waals surface area contributed by atoms with Crippen molar-refractivity contribution < 1.29 is 23.9 Å².